The molecular weight excluding hydrogens is 284 g/mol. The van der Waals surface area contributed by atoms with Gasteiger partial charge in [0.15, 0.2) is 0 Å². The van der Waals surface area contributed by atoms with Crippen molar-refractivity contribution in [3.63, 3.8) is 0 Å². The highest BCUT2D eigenvalue weighted by molar-refractivity contribution is 7.89. The van der Waals surface area contributed by atoms with E-state index in [0.29, 0.717) is 13.1 Å². The third kappa shape index (κ3) is 3.28. The lowest BCUT2D eigenvalue weighted by molar-refractivity contribution is 0.475. The minimum absolute atomic E-state index is 0.123. The van der Waals surface area contributed by atoms with Gasteiger partial charge in [0.2, 0.25) is 10.0 Å². The van der Waals surface area contributed by atoms with E-state index in [4.69, 9.17) is 17.3 Å². The van der Waals surface area contributed by atoms with Gasteiger partial charge in [0.25, 0.3) is 0 Å². The van der Waals surface area contributed by atoms with Crippen LogP contribution in [0, 0.1) is 5.41 Å². The number of benzene rings is 1. The maximum absolute atomic E-state index is 12.2. The first-order chi connectivity index (χ1) is 8.92. The molecule has 6 heteroatoms. The molecule has 3 N–H and O–H groups in total. The topological polar surface area (TPSA) is 72.2 Å². The van der Waals surface area contributed by atoms with Crippen LogP contribution in [0.5, 0.6) is 0 Å². The third-order valence-electron chi connectivity index (χ3n) is 3.87. The number of halogens is 1. The minimum atomic E-state index is -3.54. The number of rotatable bonds is 6. The van der Waals surface area contributed by atoms with Crippen LogP contribution in [0.2, 0.25) is 5.02 Å². The van der Waals surface area contributed by atoms with Crippen LogP contribution in [0.1, 0.15) is 31.7 Å². The van der Waals surface area contributed by atoms with Crippen LogP contribution in [0.3, 0.4) is 0 Å². The molecule has 4 nitrogen and oxygen atoms in total. The Labute approximate surface area is 119 Å². The molecule has 0 bridgehead atoms. The van der Waals surface area contributed by atoms with E-state index in [1.165, 1.54) is 6.07 Å². The molecule has 0 radical (unpaired) electrons. The van der Waals surface area contributed by atoms with Gasteiger partial charge in [-0.15, -0.1) is 0 Å². The zero-order valence-electron chi connectivity index (χ0n) is 10.9. The first-order valence-electron chi connectivity index (χ1n) is 6.41. The Kier molecular flexibility index (Phi) is 4.20. The van der Waals surface area contributed by atoms with E-state index in [1.807, 2.05) is 0 Å². The van der Waals surface area contributed by atoms with Crippen molar-refractivity contribution in [2.75, 3.05) is 6.54 Å². The van der Waals surface area contributed by atoms with Crippen molar-refractivity contribution in [3.8, 4) is 0 Å². The van der Waals surface area contributed by atoms with Gasteiger partial charge < -0.3 is 5.73 Å². The second kappa shape index (κ2) is 5.40. The van der Waals surface area contributed by atoms with E-state index in [9.17, 15) is 8.42 Å². The number of hydrogen-bond donors (Lipinski definition) is 2. The Bertz CT molecular complexity index is 568. The van der Waals surface area contributed by atoms with Gasteiger partial charge in [-0.2, -0.15) is 0 Å². The summed E-state index contributed by atoms with van der Waals surface area (Å²) in [5, 5.41) is 0.219. The molecule has 1 aliphatic rings. The van der Waals surface area contributed by atoms with Gasteiger partial charge in [-0.1, -0.05) is 24.6 Å². The molecule has 0 amide bonds. The smallest absolute Gasteiger partial charge is 0.242 e. The average Bonchev–Trinajstić information content (AvgIpc) is 3.17. The molecule has 19 heavy (non-hydrogen) atoms. The lowest BCUT2D eigenvalue weighted by Crippen LogP contribution is -2.30. The van der Waals surface area contributed by atoms with E-state index in [-0.39, 0.29) is 15.3 Å². The van der Waals surface area contributed by atoms with Crippen LogP contribution in [0.15, 0.2) is 23.1 Å². The summed E-state index contributed by atoms with van der Waals surface area (Å²) in [5.74, 6) is 0. The Balaban J connectivity index is 2.15. The Morgan fingerprint density at radius 1 is 1.42 bits per heavy atom. The molecule has 0 unspecified atom stereocenters. The normalized spacial score (nSPS) is 17.4. The number of nitrogens with two attached hydrogens (primary N) is 1. The summed E-state index contributed by atoms with van der Waals surface area (Å²) >= 11 is 6.02. The maximum atomic E-state index is 12.2. The fraction of sp³-hybridized carbons (Fsp3) is 0.538. The van der Waals surface area contributed by atoms with Crippen LogP contribution in [-0.2, 0) is 16.6 Å². The predicted octanol–water partition coefficient (Wildman–Crippen LogP) is 2.27. The van der Waals surface area contributed by atoms with Crippen LogP contribution in [-0.4, -0.2) is 15.0 Å². The molecule has 1 aromatic rings. The molecule has 2 rings (SSSR count). The van der Waals surface area contributed by atoms with Gasteiger partial charge in [0.05, 0.1) is 5.02 Å². The van der Waals surface area contributed by atoms with Crippen molar-refractivity contribution in [2.24, 2.45) is 11.1 Å². The lowest BCUT2D eigenvalue weighted by Gasteiger charge is -2.14. The molecule has 0 spiro atoms. The van der Waals surface area contributed by atoms with Gasteiger partial charge in [0.1, 0.15) is 4.90 Å². The van der Waals surface area contributed by atoms with Gasteiger partial charge in [-0.05, 0) is 42.4 Å². The molecule has 0 heterocycles. The Morgan fingerprint density at radius 2 is 2.11 bits per heavy atom. The summed E-state index contributed by atoms with van der Waals surface area (Å²) in [7, 11) is -3.54. The summed E-state index contributed by atoms with van der Waals surface area (Å²) < 4.78 is 27.1. The zero-order valence-corrected chi connectivity index (χ0v) is 12.5. The summed E-state index contributed by atoms with van der Waals surface area (Å²) in [6, 6.07) is 4.80. The molecule has 0 atom stereocenters. The highest BCUT2D eigenvalue weighted by Gasteiger charge is 2.41. The molecular formula is C13H19ClN2O2S. The maximum Gasteiger partial charge on any atom is 0.242 e. The molecule has 106 valence electrons. The zero-order chi connectivity index (χ0) is 14.1. The van der Waals surface area contributed by atoms with E-state index >= 15 is 0 Å². The fourth-order valence-corrected chi connectivity index (χ4v) is 3.77. The van der Waals surface area contributed by atoms with Crippen LogP contribution >= 0.6 is 11.6 Å². The molecule has 1 aromatic carbocycles. The quantitative estimate of drug-likeness (QED) is 0.846. The standard InChI is InChI=1S/C13H19ClN2O2S/c1-2-13(5-6-13)9-16-19(17,18)12-4-3-10(8-15)7-11(12)14/h3-4,7,16H,2,5-6,8-9,15H2,1H3. The predicted molar refractivity (Wildman–Crippen MR) is 76.5 cm³/mol. The Hall–Kier alpha value is -0.620. The van der Waals surface area contributed by atoms with Gasteiger partial charge in [0, 0.05) is 13.1 Å². The van der Waals surface area contributed by atoms with Crippen molar-refractivity contribution in [1.29, 1.82) is 0 Å². The SMILES string of the molecule is CCC1(CNS(=O)(=O)c2ccc(CN)cc2Cl)CC1. The van der Waals surface area contributed by atoms with Crippen LogP contribution in [0.4, 0.5) is 0 Å². The summed E-state index contributed by atoms with van der Waals surface area (Å²) in [5.41, 5.74) is 6.48. The molecule has 1 saturated carbocycles. The summed E-state index contributed by atoms with van der Waals surface area (Å²) in [6.45, 7) is 2.91. The monoisotopic (exact) mass is 302 g/mol. The first-order valence-corrected chi connectivity index (χ1v) is 8.27. The van der Waals surface area contributed by atoms with E-state index in [0.717, 1.165) is 24.8 Å². The fourth-order valence-electron chi connectivity index (χ4n) is 2.05. The van der Waals surface area contributed by atoms with Crippen molar-refractivity contribution in [1.82, 2.24) is 4.72 Å². The van der Waals surface area contributed by atoms with E-state index in [1.54, 1.807) is 12.1 Å². The second-order valence-electron chi connectivity index (χ2n) is 5.15. The molecule has 0 aromatic heterocycles. The van der Waals surface area contributed by atoms with Crippen LogP contribution < -0.4 is 10.5 Å². The highest BCUT2D eigenvalue weighted by atomic mass is 35.5. The van der Waals surface area contributed by atoms with Crippen molar-refractivity contribution >= 4 is 21.6 Å². The molecule has 1 aliphatic carbocycles. The highest BCUT2D eigenvalue weighted by Crippen LogP contribution is 2.48. The van der Waals surface area contributed by atoms with Gasteiger partial charge in [-0.25, -0.2) is 13.1 Å². The van der Waals surface area contributed by atoms with Crippen molar-refractivity contribution in [3.05, 3.63) is 28.8 Å². The van der Waals surface area contributed by atoms with Gasteiger partial charge in [-0.3, -0.25) is 0 Å². The third-order valence-corrected chi connectivity index (χ3v) is 5.75. The van der Waals surface area contributed by atoms with E-state index < -0.39 is 10.0 Å². The van der Waals surface area contributed by atoms with Crippen molar-refractivity contribution in [2.45, 2.75) is 37.6 Å². The van der Waals surface area contributed by atoms with Gasteiger partial charge >= 0.3 is 0 Å². The molecule has 0 aliphatic heterocycles. The number of hydrogen-bond acceptors (Lipinski definition) is 3. The summed E-state index contributed by atoms with van der Waals surface area (Å²) in [4.78, 5) is 0.123. The van der Waals surface area contributed by atoms with E-state index in [2.05, 4.69) is 11.6 Å². The second-order valence-corrected chi connectivity index (χ2v) is 7.29. The van der Waals surface area contributed by atoms with Crippen LogP contribution in [0.25, 0.3) is 0 Å². The molecule has 1 fully saturated rings. The number of nitrogens with one attached hydrogen (secondary N) is 1. The largest absolute Gasteiger partial charge is 0.326 e. The number of sulfonamides is 1. The van der Waals surface area contributed by atoms with Crippen molar-refractivity contribution < 1.29 is 8.42 Å². The Morgan fingerprint density at radius 3 is 2.58 bits per heavy atom. The summed E-state index contributed by atoms with van der Waals surface area (Å²) in [6.07, 6.45) is 3.17. The minimum Gasteiger partial charge on any atom is -0.326 e. The first kappa shape index (κ1) is 14.8. The molecule has 0 saturated heterocycles. The average molecular weight is 303 g/mol. The lowest BCUT2D eigenvalue weighted by atomic mass is 10.1.